The third-order valence-electron chi connectivity index (χ3n) is 2.08. The molecule has 0 aromatic rings. The second-order valence-electron chi connectivity index (χ2n) is 6.07. The Hall–Kier alpha value is -0.630. The molecule has 0 aliphatic rings. The minimum Gasteiger partial charge on any atom is -0.299 e. The molecule has 0 spiro atoms. The van der Waals surface area contributed by atoms with Crippen LogP contribution in [0.4, 0.5) is 0 Å². The van der Waals surface area contributed by atoms with E-state index in [1.807, 2.05) is 20.8 Å². The topological polar surface area (TPSA) is 34.1 Å². The fourth-order valence-electron chi connectivity index (χ4n) is 0.762. The Bertz CT molecular complexity index is 370. The minimum atomic E-state index is -0.542. The summed E-state index contributed by atoms with van der Waals surface area (Å²) in [6.45, 7) is 12.4. The lowest BCUT2D eigenvalue weighted by molar-refractivity contribution is -0.125. The highest BCUT2D eigenvalue weighted by Crippen LogP contribution is 2.16. The van der Waals surface area contributed by atoms with E-state index in [4.69, 9.17) is 14.3 Å². The summed E-state index contributed by atoms with van der Waals surface area (Å²) in [7, 11) is 0. The molecule has 0 unspecified atom stereocenters. The molecule has 106 valence electrons. The van der Waals surface area contributed by atoms with Gasteiger partial charge < -0.3 is 0 Å². The van der Waals surface area contributed by atoms with Gasteiger partial charge in [-0.25, -0.2) is 0 Å². The first-order valence-electron chi connectivity index (χ1n) is 7.03. The first-order chi connectivity index (χ1) is 8.75. The summed E-state index contributed by atoms with van der Waals surface area (Å²) in [5.74, 6) is 0.401. The standard InChI is InChI=1S/C8H14O.C7H13ClO/c1-5-6-7(9)8(2,3)4;1-7(2,3)6(9)4-5-8/h5-6H,1-4H3;4-5H2,1-3H3/b6-5+;/i5D,6D;. The molecular weight excluding hydrogens is 248 g/mol. The summed E-state index contributed by atoms with van der Waals surface area (Å²) >= 11 is 5.38. The third-order valence-corrected chi connectivity index (χ3v) is 2.27. The predicted octanol–water partition coefficient (Wildman–Crippen LogP) is 4.41. The molecule has 18 heavy (non-hydrogen) atoms. The number of hydrogen-bond acceptors (Lipinski definition) is 2. The average molecular weight is 277 g/mol. The first-order valence-corrected chi connectivity index (χ1v) is 6.56. The van der Waals surface area contributed by atoms with Gasteiger partial charge in [0, 0.05) is 23.1 Å². The lowest BCUT2D eigenvalue weighted by Crippen LogP contribution is -2.19. The van der Waals surface area contributed by atoms with Crippen LogP contribution in [-0.2, 0) is 9.59 Å². The second-order valence-corrected chi connectivity index (χ2v) is 6.44. The molecule has 0 rings (SSSR count). The van der Waals surface area contributed by atoms with Crippen LogP contribution in [0.3, 0.4) is 0 Å². The maximum atomic E-state index is 11.2. The number of hydrogen-bond donors (Lipinski definition) is 0. The molecule has 2 nitrogen and oxygen atoms in total. The van der Waals surface area contributed by atoms with Gasteiger partial charge in [-0.1, -0.05) is 47.6 Å². The van der Waals surface area contributed by atoms with E-state index in [1.54, 1.807) is 20.8 Å². The van der Waals surface area contributed by atoms with Crippen LogP contribution in [0.2, 0.25) is 0 Å². The van der Waals surface area contributed by atoms with E-state index in [9.17, 15) is 9.59 Å². The number of ketones is 2. The van der Waals surface area contributed by atoms with Gasteiger partial charge in [-0.2, -0.15) is 0 Å². The highest BCUT2D eigenvalue weighted by molar-refractivity contribution is 6.19. The van der Waals surface area contributed by atoms with Gasteiger partial charge in [-0.15, -0.1) is 11.6 Å². The number of carbonyl (C=O) groups is 2. The summed E-state index contributed by atoms with van der Waals surface area (Å²) < 4.78 is 14.3. The van der Waals surface area contributed by atoms with Crippen LogP contribution in [-0.4, -0.2) is 17.4 Å². The molecule has 0 radical (unpaired) electrons. The van der Waals surface area contributed by atoms with Crippen LogP contribution in [0.25, 0.3) is 0 Å². The van der Waals surface area contributed by atoms with E-state index in [0.717, 1.165) is 0 Å². The van der Waals surface area contributed by atoms with Crippen LogP contribution >= 0.6 is 11.6 Å². The Morgan fingerprint density at radius 1 is 1.11 bits per heavy atom. The van der Waals surface area contributed by atoms with E-state index >= 15 is 0 Å². The zero-order valence-corrected chi connectivity index (χ0v) is 13.4. The van der Waals surface area contributed by atoms with Gasteiger partial charge >= 0.3 is 0 Å². The first kappa shape index (κ1) is 15.4. The lowest BCUT2D eigenvalue weighted by atomic mass is 9.89. The lowest BCUT2D eigenvalue weighted by Gasteiger charge is -2.14. The SMILES string of the molecule is CC(C)(C)C(=O)CCCl.[2H]/C(C)=C(/[2H])C(=O)C(C)(C)C. The largest absolute Gasteiger partial charge is 0.299 e. The zero-order valence-electron chi connectivity index (χ0n) is 14.6. The van der Waals surface area contributed by atoms with Crippen molar-refractivity contribution < 1.29 is 12.3 Å². The molecule has 0 aliphatic heterocycles. The fourth-order valence-corrected chi connectivity index (χ4v) is 0.933. The molecule has 0 amide bonds. The number of alkyl halides is 1. The molecule has 0 aromatic heterocycles. The third kappa shape index (κ3) is 10.5. The minimum absolute atomic E-state index is 0.0323. The van der Waals surface area contributed by atoms with Crippen molar-refractivity contribution in [1.29, 1.82) is 0 Å². The van der Waals surface area contributed by atoms with Crippen molar-refractivity contribution in [2.75, 3.05) is 5.88 Å². The monoisotopic (exact) mass is 276 g/mol. The van der Waals surface area contributed by atoms with Crippen molar-refractivity contribution in [3.63, 3.8) is 0 Å². The maximum Gasteiger partial charge on any atom is 0.160 e. The Morgan fingerprint density at radius 3 is 1.67 bits per heavy atom. The normalized spacial score (nSPS) is 14.7. The summed E-state index contributed by atoms with van der Waals surface area (Å²) in [4.78, 5) is 22.2. The molecule has 0 N–H and O–H groups in total. The molecule has 0 atom stereocenters. The van der Waals surface area contributed by atoms with Crippen LogP contribution < -0.4 is 0 Å². The number of carbonyl (C=O) groups excluding carboxylic acids is 2. The van der Waals surface area contributed by atoms with E-state index in [2.05, 4.69) is 0 Å². The van der Waals surface area contributed by atoms with Gasteiger partial charge in [0.25, 0.3) is 0 Å². The van der Waals surface area contributed by atoms with Gasteiger partial charge in [0.15, 0.2) is 5.78 Å². The van der Waals surface area contributed by atoms with Crippen LogP contribution in [0.5, 0.6) is 0 Å². The molecular formula is C15H27ClO2. The Morgan fingerprint density at radius 2 is 1.56 bits per heavy atom. The highest BCUT2D eigenvalue weighted by atomic mass is 35.5. The molecule has 0 saturated heterocycles. The highest BCUT2D eigenvalue weighted by Gasteiger charge is 2.19. The van der Waals surface area contributed by atoms with Crippen molar-refractivity contribution in [2.45, 2.75) is 54.9 Å². The quantitative estimate of drug-likeness (QED) is 0.565. The van der Waals surface area contributed by atoms with Crippen molar-refractivity contribution in [3.05, 3.63) is 12.1 Å². The molecule has 0 bridgehead atoms. The van der Waals surface area contributed by atoms with Gasteiger partial charge in [-0.3, -0.25) is 9.59 Å². The predicted molar refractivity (Wildman–Crippen MR) is 79.1 cm³/mol. The van der Waals surface area contributed by atoms with Gasteiger partial charge in [-0.05, 0) is 13.0 Å². The van der Waals surface area contributed by atoms with Crippen LogP contribution in [0, 0.1) is 10.8 Å². The number of Topliss-reactive ketones (excluding diaryl/α,β-unsaturated/α-hetero) is 1. The van der Waals surface area contributed by atoms with E-state index in [-0.39, 0.29) is 29.1 Å². The molecule has 0 saturated carbocycles. The molecule has 0 aromatic carbocycles. The van der Waals surface area contributed by atoms with Crippen LogP contribution in [0.1, 0.15) is 57.6 Å². The summed E-state index contributed by atoms with van der Waals surface area (Å²) in [5, 5.41) is 0. The van der Waals surface area contributed by atoms with Crippen molar-refractivity contribution in [1.82, 2.24) is 0 Å². The van der Waals surface area contributed by atoms with Gasteiger partial charge in [0.05, 0.1) is 2.74 Å². The second kappa shape index (κ2) is 8.47. The summed E-state index contributed by atoms with van der Waals surface area (Å²) in [6, 6.07) is -0.151. The van der Waals surface area contributed by atoms with E-state index < -0.39 is 5.41 Å². The Balaban J connectivity index is 0. The fraction of sp³-hybridized carbons (Fsp3) is 0.733. The number of rotatable bonds is 3. The summed E-state index contributed by atoms with van der Waals surface area (Å²) in [6.07, 6.45) is 0.491. The Labute approximate surface area is 120 Å². The molecule has 3 heteroatoms. The maximum absolute atomic E-state index is 11.2. The number of halogens is 1. The number of allylic oxidation sites excluding steroid dienone is 2. The van der Waals surface area contributed by atoms with Crippen LogP contribution in [0.15, 0.2) is 12.1 Å². The summed E-state index contributed by atoms with van der Waals surface area (Å²) in [5.41, 5.74) is -0.756. The smallest absolute Gasteiger partial charge is 0.160 e. The van der Waals surface area contributed by atoms with Crippen molar-refractivity contribution in [3.8, 4) is 0 Å². The van der Waals surface area contributed by atoms with Gasteiger partial charge in [0.1, 0.15) is 5.78 Å². The van der Waals surface area contributed by atoms with Crippen molar-refractivity contribution in [2.24, 2.45) is 10.8 Å². The molecule has 0 fully saturated rings. The van der Waals surface area contributed by atoms with E-state index in [0.29, 0.717) is 12.3 Å². The average Bonchev–Trinajstić information content (AvgIpc) is 2.25. The zero-order chi connectivity index (χ0) is 16.7. The van der Waals surface area contributed by atoms with Crippen molar-refractivity contribution >= 4 is 23.2 Å². The van der Waals surface area contributed by atoms with Gasteiger partial charge in [0.2, 0.25) is 0 Å². The molecule has 0 heterocycles. The van der Waals surface area contributed by atoms with E-state index in [1.165, 1.54) is 6.92 Å². The molecule has 0 aliphatic carbocycles. The Kier molecular flexibility index (Phi) is 7.26.